The number of aromatic nitrogens is 1. The number of methoxy groups -OCH3 is 1. The van der Waals surface area contributed by atoms with Crippen LogP contribution in [0.2, 0.25) is 0 Å². The Hall–Kier alpha value is -1.83. The normalized spacial score (nSPS) is 17.1. The van der Waals surface area contributed by atoms with Gasteiger partial charge in [-0.2, -0.15) is 0 Å². The van der Waals surface area contributed by atoms with Gasteiger partial charge in [0.2, 0.25) is 0 Å². The predicted octanol–water partition coefficient (Wildman–Crippen LogP) is 5.19. The third-order valence-electron chi connectivity index (χ3n) is 4.84. The maximum absolute atomic E-state index is 5.39. The molecular weight excluding hydrogens is 270 g/mol. The minimum atomic E-state index is 0.374. The number of benzene rings is 1. The van der Waals surface area contributed by atoms with Crippen molar-refractivity contribution in [3.05, 3.63) is 59.9 Å². The first-order valence-electron chi connectivity index (χ1n) is 8.41. The first kappa shape index (κ1) is 15.1. The lowest BCUT2D eigenvalue weighted by atomic mass is 9.79. The second-order valence-electron chi connectivity index (χ2n) is 6.32. The lowest BCUT2D eigenvalue weighted by molar-refractivity contribution is 0.326. The maximum Gasteiger partial charge on any atom is 0.122 e. The summed E-state index contributed by atoms with van der Waals surface area (Å²) in [5, 5.41) is 0. The van der Waals surface area contributed by atoms with Crippen LogP contribution in [-0.2, 0) is 0 Å². The molecule has 0 saturated heterocycles. The lowest BCUT2D eigenvalue weighted by Crippen LogP contribution is -2.13. The first-order chi connectivity index (χ1) is 10.9. The van der Waals surface area contributed by atoms with Gasteiger partial charge in [-0.15, -0.1) is 0 Å². The zero-order valence-electron chi connectivity index (χ0n) is 13.4. The van der Waals surface area contributed by atoms with E-state index in [0.717, 1.165) is 17.4 Å². The summed E-state index contributed by atoms with van der Waals surface area (Å²) in [7, 11) is 1.72. The van der Waals surface area contributed by atoms with E-state index in [1.165, 1.54) is 44.1 Å². The first-order valence-corrected chi connectivity index (χ1v) is 8.41. The average molecular weight is 295 g/mol. The summed E-state index contributed by atoms with van der Waals surface area (Å²) in [5.74, 6) is 2.10. The van der Waals surface area contributed by atoms with Crippen LogP contribution in [0.4, 0.5) is 0 Å². The Labute approximate surface area is 133 Å². The summed E-state index contributed by atoms with van der Waals surface area (Å²) >= 11 is 0. The van der Waals surface area contributed by atoms with Crippen molar-refractivity contribution >= 4 is 0 Å². The molecule has 0 N–H and O–H groups in total. The Morgan fingerprint density at radius 1 is 1.09 bits per heavy atom. The minimum absolute atomic E-state index is 0.374. The number of ether oxygens (including phenoxy) is 1. The van der Waals surface area contributed by atoms with E-state index < -0.39 is 0 Å². The third kappa shape index (κ3) is 3.68. The molecule has 116 valence electrons. The molecule has 0 aliphatic heterocycles. The summed E-state index contributed by atoms with van der Waals surface area (Å²) in [5.41, 5.74) is 2.50. The van der Waals surface area contributed by atoms with Gasteiger partial charge in [-0.25, -0.2) is 0 Å². The zero-order valence-corrected chi connectivity index (χ0v) is 13.4. The monoisotopic (exact) mass is 295 g/mol. The van der Waals surface area contributed by atoms with Gasteiger partial charge in [0, 0.05) is 18.2 Å². The van der Waals surface area contributed by atoms with Gasteiger partial charge in [0.05, 0.1) is 12.8 Å². The second kappa shape index (κ2) is 7.44. The van der Waals surface area contributed by atoms with E-state index in [1.807, 2.05) is 12.3 Å². The molecule has 1 fully saturated rings. The largest absolute Gasteiger partial charge is 0.497 e. The molecular formula is C20H25NO. The van der Waals surface area contributed by atoms with Gasteiger partial charge in [-0.3, -0.25) is 4.98 Å². The summed E-state index contributed by atoms with van der Waals surface area (Å²) < 4.78 is 5.39. The highest BCUT2D eigenvalue weighted by atomic mass is 16.5. The molecule has 2 heteroatoms. The van der Waals surface area contributed by atoms with Crippen molar-refractivity contribution in [1.82, 2.24) is 4.98 Å². The van der Waals surface area contributed by atoms with Gasteiger partial charge >= 0.3 is 0 Å². The van der Waals surface area contributed by atoms with Crippen molar-refractivity contribution in [3.8, 4) is 5.75 Å². The molecule has 0 spiro atoms. The summed E-state index contributed by atoms with van der Waals surface area (Å²) in [6.45, 7) is 0. The van der Waals surface area contributed by atoms with E-state index in [9.17, 15) is 0 Å². The molecule has 1 heterocycles. The van der Waals surface area contributed by atoms with Crippen LogP contribution in [0.1, 0.15) is 55.7 Å². The average Bonchev–Trinajstić information content (AvgIpc) is 2.61. The van der Waals surface area contributed by atoms with Crippen LogP contribution in [0.5, 0.6) is 5.75 Å². The molecule has 1 atom stereocenters. The molecule has 2 aromatic rings. The predicted molar refractivity (Wildman–Crippen MR) is 90.3 cm³/mol. The molecule has 2 nitrogen and oxygen atoms in total. The van der Waals surface area contributed by atoms with Crippen molar-refractivity contribution in [3.63, 3.8) is 0 Å². The maximum atomic E-state index is 5.39. The summed E-state index contributed by atoms with van der Waals surface area (Å²) in [6, 6.07) is 14.8. The second-order valence-corrected chi connectivity index (χ2v) is 6.32. The van der Waals surface area contributed by atoms with Crippen LogP contribution in [0, 0.1) is 5.92 Å². The van der Waals surface area contributed by atoms with Crippen molar-refractivity contribution in [1.29, 1.82) is 0 Å². The van der Waals surface area contributed by atoms with Crippen LogP contribution in [0.15, 0.2) is 48.7 Å². The molecule has 3 rings (SSSR count). The number of hydrogen-bond donors (Lipinski definition) is 0. The fourth-order valence-electron chi connectivity index (χ4n) is 3.61. The quantitative estimate of drug-likeness (QED) is 0.757. The van der Waals surface area contributed by atoms with Crippen molar-refractivity contribution in [2.45, 2.75) is 44.4 Å². The molecule has 1 aromatic heterocycles. The van der Waals surface area contributed by atoms with Crippen molar-refractivity contribution in [2.24, 2.45) is 5.92 Å². The highest BCUT2D eigenvalue weighted by molar-refractivity contribution is 5.32. The molecule has 1 aliphatic rings. The molecule has 1 aromatic carbocycles. The fourth-order valence-corrected chi connectivity index (χ4v) is 3.61. The van der Waals surface area contributed by atoms with E-state index in [0.29, 0.717) is 5.92 Å². The Morgan fingerprint density at radius 2 is 1.86 bits per heavy atom. The van der Waals surface area contributed by atoms with Gasteiger partial charge in [-0.1, -0.05) is 62.4 Å². The Bertz CT molecular complexity index is 575. The SMILES string of the molecule is COc1ccnc([C@@H](CC2CCCCC2)c2ccccc2)c1. The van der Waals surface area contributed by atoms with Crippen molar-refractivity contribution in [2.75, 3.05) is 7.11 Å². The van der Waals surface area contributed by atoms with E-state index in [4.69, 9.17) is 4.74 Å². The topological polar surface area (TPSA) is 22.1 Å². The lowest BCUT2D eigenvalue weighted by Gasteiger charge is -2.26. The third-order valence-corrected chi connectivity index (χ3v) is 4.84. The number of nitrogens with zero attached hydrogens (tertiary/aromatic N) is 1. The van der Waals surface area contributed by atoms with Crippen LogP contribution < -0.4 is 4.74 Å². The Kier molecular flexibility index (Phi) is 5.10. The molecule has 1 saturated carbocycles. The van der Waals surface area contributed by atoms with Gasteiger partial charge in [-0.05, 0) is 24.0 Å². The van der Waals surface area contributed by atoms with Crippen LogP contribution in [-0.4, -0.2) is 12.1 Å². The van der Waals surface area contributed by atoms with Gasteiger partial charge in [0.25, 0.3) is 0 Å². The van der Waals surface area contributed by atoms with Gasteiger partial charge in [0.1, 0.15) is 5.75 Å². The van der Waals surface area contributed by atoms with Crippen LogP contribution >= 0.6 is 0 Å². The highest BCUT2D eigenvalue weighted by Crippen LogP contribution is 2.36. The number of rotatable bonds is 5. The smallest absolute Gasteiger partial charge is 0.122 e. The summed E-state index contributed by atoms with van der Waals surface area (Å²) in [4.78, 5) is 4.65. The van der Waals surface area contributed by atoms with Gasteiger partial charge < -0.3 is 4.74 Å². The highest BCUT2D eigenvalue weighted by Gasteiger charge is 2.22. The van der Waals surface area contributed by atoms with E-state index in [1.54, 1.807) is 7.11 Å². The van der Waals surface area contributed by atoms with Gasteiger partial charge in [0.15, 0.2) is 0 Å². The van der Waals surface area contributed by atoms with E-state index in [2.05, 4.69) is 41.4 Å². The Balaban J connectivity index is 1.88. The molecule has 0 radical (unpaired) electrons. The standard InChI is InChI=1S/C20H25NO/c1-22-18-12-13-21-20(15-18)19(17-10-6-3-7-11-17)14-16-8-4-2-5-9-16/h3,6-7,10-13,15-16,19H,2,4-5,8-9,14H2,1H3/t19-/m0/s1. The van der Waals surface area contributed by atoms with Crippen LogP contribution in [0.3, 0.4) is 0 Å². The van der Waals surface area contributed by atoms with E-state index in [-0.39, 0.29) is 0 Å². The summed E-state index contributed by atoms with van der Waals surface area (Å²) in [6.07, 6.45) is 9.98. The van der Waals surface area contributed by atoms with Crippen molar-refractivity contribution < 1.29 is 4.74 Å². The zero-order chi connectivity index (χ0) is 15.2. The molecule has 22 heavy (non-hydrogen) atoms. The number of pyridine rings is 1. The fraction of sp³-hybridized carbons (Fsp3) is 0.450. The van der Waals surface area contributed by atoms with Crippen LogP contribution in [0.25, 0.3) is 0 Å². The number of hydrogen-bond acceptors (Lipinski definition) is 2. The molecule has 0 amide bonds. The molecule has 0 bridgehead atoms. The molecule has 0 unspecified atom stereocenters. The van der Waals surface area contributed by atoms with E-state index >= 15 is 0 Å². The molecule has 1 aliphatic carbocycles. The minimum Gasteiger partial charge on any atom is -0.497 e. The Morgan fingerprint density at radius 3 is 2.59 bits per heavy atom.